The van der Waals surface area contributed by atoms with E-state index >= 15 is 0 Å². The van der Waals surface area contributed by atoms with Gasteiger partial charge in [-0.25, -0.2) is 12.8 Å². The number of methoxy groups -OCH3 is 1. The molecule has 0 aliphatic carbocycles. The van der Waals surface area contributed by atoms with Gasteiger partial charge in [0.1, 0.15) is 11.6 Å². The summed E-state index contributed by atoms with van der Waals surface area (Å²) < 4.78 is 44.9. The van der Waals surface area contributed by atoms with Gasteiger partial charge in [0.05, 0.1) is 12.0 Å². The molecule has 0 unspecified atom stereocenters. The average Bonchev–Trinajstić information content (AvgIpc) is 2.68. The van der Waals surface area contributed by atoms with E-state index in [0.29, 0.717) is 11.3 Å². The quantitative estimate of drug-likeness (QED) is 0.801. The van der Waals surface area contributed by atoms with Crippen molar-refractivity contribution < 1.29 is 22.3 Å². The number of benzene rings is 2. The van der Waals surface area contributed by atoms with Crippen LogP contribution < -0.4 is 4.74 Å². The predicted molar refractivity (Wildman–Crippen MR) is 98.8 cm³/mol. The van der Waals surface area contributed by atoms with Gasteiger partial charge in [-0.15, -0.1) is 0 Å². The summed E-state index contributed by atoms with van der Waals surface area (Å²) in [4.78, 5) is 14.4. The van der Waals surface area contributed by atoms with Crippen molar-refractivity contribution in [2.75, 3.05) is 33.3 Å². The van der Waals surface area contributed by atoms with E-state index in [0.717, 1.165) is 17.7 Å². The predicted octanol–water partition coefficient (Wildman–Crippen LogP) is 2.29. The summed E-state index contributed by atoms with van der Waals surface area (Å²) >= 11 is 0. The summed E-state index contributed by atoms with van der Waals surface area (Å²) in [7, 11) is -2.15. The fourth-order valence-corrected chi connectivity index (χ4v) is 4.44. The molecule has 6 nitrogen and oxygen atoms in total. The van der Waals surface area contributed by atoms with Crippen LogP contribution in [0.2, 0.25) is 0 Å². The molecule has 0 atom stereocenters. The van der Waals surface area contributed by atoms with Crippen molar-refractivity contribution in [3.05, 3.63) is 59.4 Å². The molecular formula is C19H21FN2O4S. The number of carbonyl (C=O) groups excluding carboxylic acids is 1. The number of piperazine rings is 1. The zero-order valence-corrected chi connectivity index (χ0v) is 16.0. The van der Waals surface area contributed by atoms with Crippen LogP contribution in [0.4, 0.5) is 4.39 Å². The van der Waals surface area contributed by atoms with Crippen LogP contribution in [-0.2, 0) is 10.0 Å². The Morgan fingerprint density at radius 2 is 1.67 bits per heavy atom. The molecule has 1 aliphatic heterocycles. The molecule has 0 aromatic heterocycles. The minimum atomic E-state index is -3.70. The van der Waals surface area contributed by atoms with Crippen molar-refractivity contribution in [3.63, 3.8) is 0 Å². The molecule has 1 saturated heterocycles. The Hall–Kier alpha value is -2.45. The number of rotatable bonds is 4. The number of sulfonamides is 1. The Bertz CT molecular complexity index is 937. The van der Waals surface area contributed by atoms with E-state index in [1.165, 1.54) is 16.4 Å². The minimum absolute atomic E-state index is 0.0481. The standard InChI is InChI=1S/C19H21FN2O4S/c1-14-3-4-15(13-18(14)26-2)19(23)21-9-11-22(12-10-21)27(24,25)17-7-5-16(20)6-8-17/h3-8,13H,9-12H2,1-2H3. The zero-order valence-electron chi connectivity index (χ0n) is 15.2. The van der Waals surface area contributed by atoms with Crippen molar-refractivity contribution in [3.8, 4) is 5.75 Å². The van der Waals surface area contributed by atoms with Crippen LogP contribution in [0.5, 0.6) is 5.75 Å². The molecule has 27 heavy (non-hydrogen) atoms. The highest BCUT2D eigenvalue weighted by molar-refractivity contribution is 7.89. The van der Waals surface area contributed by atoms with Crippen molar-refractivity contribution >= 4 is 15.9 Å². The number of hydrogen-bond donors (Lipinski definition) is 0. The number of aryl methyl sites for hydroxylation is 1. The van der Waals surface area contributed by atoms with Gasteiger partial charge in [-0.2, -0.15) is 4.31 Å². The number of hydrogen-bond acceptors (Lipinski definition) is 4. The first-order chi connectivity index (χ1) is 12.8. The van der Waals surface area contributed by atoms with E-state index in [2.05, 4.69) is 0 Å². The monoisotopic (exact) mass is 392 g/mol. The van der Waals surface area contributed by atoms with Gasteiger partial charge >= 0.3 is 0 Å². The topological polar surface area (TPSA) is 66.9 Å². The SMILES string of the molecule is COc1cc(C(=O)N2CCN(S(=O)(=O)c3ccc(F)cc3)CC2)ccc1C. The average molecular weight is 392 g/mol. The first-order valence-corrected chi connectivity index (χ1v) is 9.96. The van der Waals surface area contributed by atoms with Crippen LogP contribution in [0.15, 0.2) is 47.4 Å². The number of nitrogens with zero attached hydrogens (tertiary/aromatic N) is 2. The fraction of sp³-hybridized carbons (Fsp3) is 0.316. The first-order valence-electron chi connectivity index (χ1n) is 8.52. The molecule has 8 heteroatoms. The second-order valence-electron chi connectivity index (χ2n) is 6.33. The normalized spacial score (nSPS) is 15.6. The van der Waals surface area contributed by atoms with E-state index in [9.17, 15) is 17.6 Å². The lowest BCUT2D eigenvalue weighted by Gasteiger charge is -2.34. The smallest absolute Gasteiger partial charge is 0.254 e. The summed E-state index contributed by atoms with van der Waals surface area (Å²) in [6.07, 6.45) is 0. The van der Waals surface area contributed by atoms with Crippen LogP contribution in [0.3, 0.4) is 0 Å². The van der Waals surface area contributed by atoms with Crippen LogP contribution in [0.25, 0.3) is 0 Å². The lowest BCUT2D eigenvalue weighted by atomic mass is 10.1. The van der Waals surface area contributed by atoms with Crippen molar-refractivity contribution in [2.24, 2.45) is 0 Å². The van der Waals surface area contributed by atoms with Crippen LogP contribution in [0.1, 0.15) is 15.9 Å². The molecule has 2 aromatic rings. The molecule has 0 radical (unpaired) electrons. The molecule has 0 saturated carbocycles. The number of amides is 1. The van der Waals surface area contributed by atoms with Crippen LogP contribution in [-0.4, -0.2) is 56.8 Å². The maximum absolute atomic E-state index is 13.0. The maximum atomic E-state index is 13.0. The first kappa shape index (κ1) is 19.3. The Balaban J connectivity index is 1.69. The summed E-state index contributed by atoms with van der Waals surface area (Å²) in [5, 5.41) is 0. The van der Waals surface area contributed by atoms with Gasteiger partial charge in [0.2, 0.25) is 10.0 Å². The van der Waals surface area contributed by atoms with Crippen molar-refractivity contribution in [1.29, 1.82) is 0 Å². The van der Waals surface area contributed by atoms with E-state index in [1.807, 2.05) is 13.0 Å². The molecule has 3 rings (SSSR count). The van der Waals surface area contributed by atoms with Crippen LogP contribution in [0, 0.1) is 12.7 Å². The summed E-state index contributed by atoms with van der Waals surface area (Å²) in [6, 6.07) is 10.00. The number of halogens is 1. The van der Waals surface area contributed by atoms with Gasteiger partial charge in [0.25, 0.3) is 5.91 Å². The lowest BCUT2D eigenvalue weighted by Crippen LogP contribution is -2.50. The third kappa shape index (κ3) is 3.96. The molecule has 1 heterocycles. The second-order valence-corrected chi connectivity index (χ2v) is 8.27. The molecule has 144 valence electrons. The highest BCUT2D eigenvalue weighted by Crippen LogP contribution is 2.22. The molecule has 1 amide bonds. The van der Waals surface area contributed by atoms with Gasteiger partial charge in [0.15, 0.2) is 0 Å². The van der Waals surface area contributed by atoms with E-state index in [-0.39, 0.29) is 37.0 Å². The maximum Gasteiger partial charge on any atom is 0.254 e. The van der Waals surface area contributed by atoms with Crippen molar-refractivity contribution in [1.82, 2.24) is 9.21 Å². The van der Waals surface area contributed by atoms with Gasteiger partial charge in [0, 0.05) is 31.7 Å². The molecular weight excluding hydrogens is 371 g/mol. The van der Waals surface area contributed by atoms with E-state index in [4.69, 9.17) is 4.74 Å². The van der Waals surface area contributed by atoms with Gasteiger partial charge in [-0.1, -0.05) is 6.07 Å². The number of ether oxygens (including phenoxy) is 1. The van der Waals surface area contributed by atoms with Crippen LogP contribution >= 0.6 is 0 Å². The highest BCUT2D eigenvalue weighted by Gasteiger charge is 2.30. The molecule has 1 aliphatic rings. The Morgan fingerprint density at radius 3 is 2.26 bits per heavy atom. The third-order valence-electron chi connectivity index (χ3n) is 4.63. The Labute approximate surface area is 158 Å². The molecule has 0 spiro atoms. The summed E-state index contributed by atoms with van der Waals surface area (Å²) in [5.74, 6) is -0.0107. The van der Waals surface area contributed by atoms with E-state index in [1.54, 1.807) is 24.1 Å². The molecule has 0 N–H and O–H groups in total. The largest absolute Gasteiger partial charge is 0.496 e. The van der Waals surface area contributed by atoms with Crippen molar-refractivity contribution in [2.45, 2.75) is 11.8 Å². The number of carbonyl (C=O) groups is 1. The summed E-state index contributed by atoms with van der Waals surface area (Å²) in [6.45, 7) is 2.85. The Kier molecular flexibility index (Phi) is 5.48. The highest BCUT2D eigenvalue weighted by atomic mass is 32.2. The third-order valence-corrected chi connectivity index (χ3v) is 6.55. The van der Waals surface area contributed by atoms with E-state index < -0.39 is 15.8 Å². The molecule has 2 aromatic carbocycles. The zero-order chi connectivity index (χ0) is 19.6. The van der Waals surface area contributed by atoms with Gasteiger partial charge < -0.3 is 9.64 Å². The molecule has 0 bridgehead atoms. The molecule has 1 fully saturated rings. The van der Waals surface area contributed by atoms with Gasteiger partial charge in [-0.3, -0.25) is 4.79 Å². The fourth-order valence-electron chi connectivity index (χ4n) is 3.02. The minimum Gasteiger partial charge on any atom is -0.496 e. The van der Waals surface area contributed by atoms with Gasteiger partial charge in [-0.05, 0) is 48.9 Å². The summed E-state index contributed by atoms with van der Waals surface area (Å²) in [5.41, 5.74) is 1.44. The lowest BCUT2D eigenvalue weighted by molar-refractivity contribution is 0.0697. The second kappa shape index (κ2) is 7.66. The Morgan fingerprint density at radius 1 is 1.04 bits per heavy atom.